The molecule has 11 aromatic carbocycles. The van der Waals surface area contributed by atoms with Crippen LogP contribution in [-0.2, 0) is 123 Å². The number of aryl methyl sites for hydroxylation is 7. The molecule has 0 fully saturated rings. The zero-order chi connectivity index (χ0) is 102. The first-order chi connectivity index (χ1) is 65.7. The van der Waals surface area contributed by atoms with Crippen molar-refractivity contribution >= 4 is 78.0 Å². The van der Waals surface area contributed by atoms with Gasteiger partial charge >= 0.3 is 23.9 Å². The van der Waals surface area contributed by atoms with E-state index in [-0.39, 0.29) is 38.4 Å². The number of aliphatic hydroxyl groups excluding tert-OH is 3. The molecule has 25 heteroatoms. The van der Waals surface area contributed by atoms with Crippen molar-refractivity contribution in [3.63, 3.8) is 0 Å². The van der Waals surface area contributed by atoms with Gasteiger partial charge in [-0.05, 0) is 292 Å². The fourth-order valence-corrected chi connectivity index (χ4v) is 14.8. The number of aldehydes is 1. The third kappa shape index (κ3) is 37.9. The highest BCUT2D eigenvalue weighted by Crippen LogP contribution is 2.41. The van der Waals surface area contributed by atoms with Crippen LogP contribution >= 0.6 is 47.8 Å². The molecule has 0 bridgehead atoms. The summed E-state index contributed by atoms with van der Waals surface area (Å²) in [6, 6.07) is 71.4. The maximum Gasteiger partial charge on any atom is 0.335 e. The molecule has 22 nitrogen and oxygen atoms in total. The highest BCUT2D eigenvalue weighted by molar-refractivity contribution is 9.11. The highest BCUT2D eigenvalue weighted by Gasteiger charge is 2.42. The number of hydrogen-bond acceptors (Lipinski definition) is 21. The summed E-state index contributed by atoms with van der Waals surface area (Å²) in [5.74, 6) is 6.14. The molecule has 0 aliphatic heterocycles. The molecule has 11 rings (SSSR count). The minimum Gasteiger partial charge on any atom is -0.497 e. The molecule has 4 N–H and O–H groups in total. The largest absolute Gasteiger partial charge is 0.497 e. The van der Waals surface area contributed by atoms with Crippen molar-refractivity contribution in [2.24, 2.45) is 16.2 Å². The van der Waals surface area contributed by atoms with E-state index in [1.165, 1.54) is 32.5 Å². The van der Waals surface area contributed by atoms with E-state index in [0.717, 1.165) is 137 Å². The quantitative estimate of drug-likeness (QED) is 0.0122. The number of methoxy groups -OCH3 is 7. The third-order valence-corrected chi connectivity index (χ3v) is 24.0. The lowest BCUT2D eigenvalue weighted by atomic mass is 9.81. The molecule has 736 valence electrons. The predicted octanol–water partition coefficient (Wildman–Crippen LogP) is 23.7. The molecule has 0 saturated carbocycles. The Labute approximate surface area is 839 Å². The van der Waals surface area contributed by atoms with Crippen LogP contribution in [0.5, 0.6) is 23.0 Å². The van der Waals surface area contributed by atoms with Crippen molar-refractivity contribution in [2.75, 3.05) is 63.0 Å². The molecule has 138 heavy (non-hydrogen) atoms. The van der Waals surface area contributed by atoms with E-state index in [4.69, 9.17) is 84.6 Å². The van der Waals surface area contributed by atoms with Gasteiger partial charge in [0.1, 0.15) is 42.5 Å². The van der Waals surface area contributed by atoms with Crippen LogP contribution < -0.4 is 18.9 Å². The van der Waals surface area contributed by atoms with E-state index >= 15 is 0 Å². The lowest BCUT2D eigenvalue weighted by Crippen LogP contribution is -2.34. The average Bonchev–Trinajstić information content (AvgIpc) is 0.796. The number of ether oxygens (including phenoxy) is 13. The molecule has 3 atom stereocenters. The van der Waals surface area contributed by atoms with Gasteiger partial charge in [-0.3, -0.25) is 19.2 Å². The summed E-state index contributed by atoms with van der Waals surface area (Å²) >= 11 is 10.0. The molecule has 11 aromatic rings. The smallest absolute Gasteiger partial charge is 0.335 e. The molecule has 0 aliphatic rings. The third-order valence-electron chi connectivity index (χ3n) is 22.5. The summed E-state index contributed by atoms with van der Waals surface area (Å²) in [6.45, 7) is 28.5. The van der Waals surface area contributed by atoms with Gasteiger partial charge in [0.05, 0.1) is 156 Å². The van der Waals surface area contributed by atoms with Crippen LogP contribution in [0, 0.1) is 89.4 Å². The average molecular weight is 2080 g/mol. The summed E-state index contributed by atoms with van der Waals surface area (Å²) in [4.78, 5) is 57.7. The molecule has 0 amide bonds. The highest BCUT2D eigenvalue weighted by atomic mass is 79.9. The van der Waals surface area contributed by atoms with E-state index in [2.05, 4.69) is 78.7 Å². The molecular weight excluding hydrogens is 1950 g/mol. The SMILES string of the molecule is C#CCOC(c1ccc(C)c(CO)c1)C(C)(C)C(=O)OC.C#CCOC(c1ccc(C)c(COCc2ccc(OC)cc2)c1)C(C)(C)C(=O)OC.COC(=O)C(C)(C)C(O)c1ccc(C)c(COCc2ccc(OC)cc2)c1.COc1ccc(COCc2cc(Br)ccc2C)cc1.COc1ccc(COCc2cc(C=O)ccc2C)cc1.Cc1ccc(Br)cc1C(=O)O.Cc1ccc(Br)cc1CO. The second kappa shape index (κ2) is 60.3. The number of carboxylic acid groups (broad SMARTS) is 1. The van der Waals surface area contributed by atoms with Gasteiger partial charge < -0.3 is 82.0 Å². The Morgan fingerprint density at radius 1 is 0.348 bits per heavy atom. The van der Waals surface area contributed by atoms with E-state index in [0.29, 0.717) is 69.5 Å². The number of rotatable bonds is 37. The predicted molar refractivity (Wildman–Crippen MR) is 549 cm³/mol. The zero-order valence-corrected chi connectivity index (χ0v) is 87.3. The number of carbonyl (C=O) groups is 5. The molecule has 0 heterocycles. The molecule has 0 spiro atoms. The van der Waals surface area contributed by atoms with Gasteiger partial charge in [0, 0.05) is 19.0 Å². The van der Waals surface area contributed by atoms with Crippen molar-refractivity contribution < 1.29 is 106 Å². The Hall–Kier alpha value is -11.6. The van der Waals surface area contributed by atoms with Crippen LogP contribution in [0.15, 0.2) is 238 Å². The van der Waals surface area contributed by atoms with Crippen molar-refractivity contribution in [2.45, 2.75) is 174 Å². The second-order valence-electron chi connectivity index (χ2n) is 33.8. The maximum absolute atomic E-state index is 12.4. The fourth-order valence-electron chi connectivity index (χ4n) is 13.6. The van der Waals surface area contributed by atoms with E-state index < -0.39 is 46.5 Å². The van der Waals surface area contributed by atoms with Crippen molar-refractivity contribution in [1.29, 1.82) is 0 Å². The van der Waals surface area contributed by atoms with Crippen molar-refractivity contribution in [3.05, 3.63) is 360 Å². The van der Waals surface area contributed by atoms with Crippen LogP contribution in [0.2, 0.25) is 0 Å². The lowest BCUT2D eigenvalue weighted by Gasteiger charge is -2.32. The number of terminal acetylenes is 2. The summed E-state index contributed by atoms with van der Waals surface area (Å²) in [6.07, 6.45) is 9.43. The molecule has 0 saturated heterocycles. The minimum absolute atomic E-state index is 0.0693. The van der Waals surface area contributed by atoms with E-state index in [1.54, 1.807) is 89.0 Å². The number of carbonyl (C=O) groups excluding carboxylic acids is 4. The molecule has 0 radical (unpaired) electrons. The van der Waals surface area contributed by atoms with Crippen LogP contribution in [0.3, 0.4) is 0 Å². The molecular formula is C113H131Br3O22. The number of hydrogen-bond donors (Lipinski definition) is 4. The summed E-state index contributed by atoms with van der Waals surface area (Å²) in [7, 11) is 10.6. The van der Waals surface area contributed by atoms with E-state index in [1.807, 2.05) is 235 Å². The van der Waals surface area contributed by atoms with Gasteiger partial charge in [0.2, 0.25) is 0 Å². The van der Waals surface area contributed by atoms with Gasteiger partial charge in [-0.1, -0.05) is 193 Å². The van der Waals surface area contributed by atoms with Gasteiger partial charge in [-0.15, -0.1) is 12.8 Å². The first kappa shape index (κ1) is 117. The standard InChI is InChI=1S/C25H30O5.C22H28O5.C17H22O4.C17H18O3.C16H17BrO2.C8H7BrO2.C8H9BrO/c1-7-14-30-23(25(3,4)24(26)28-6)20-11-8-18(2)21(15-20)17-29-16-19-9-12-22(27-5)13-10-19;1-15-6-9-17(20(23)22(2,3)21(24)26-5)12-18(15)14-27-13-16-7-10-19(25-4)11-8-16;1-6-9-21-15(17(3,4)16(19)20-5)13-8-7-12(2)14(10-13)11-18;1-13-3-4-15(10-18)9-16(13)12-20-11-14-5-7-17(19-2)8-6-14;1-12-3-6-15(17)9-14(12)11-19-10-13-4-7-16(18-2)8-5-13;1-5-2-3-6(9)4-7(5)8(10)11;1-6-2-3-8(9)4-7(6)5-10/h1,8-13,15,23H,14,16-17H2,2-6H3;6-12,20,23H,13-14H2,1-5H3;1,7-8,10,15,18H,9,11H2,2-5H3;3-10H,11-12H2,1-2H3;3-9H,10-11H2,1-2H3;2-4H,1H3,(H,10,11);2-4,10H,5H2,1H3. The number of carboxylic acids is 1. The minimum atomic E-state index is -1.04. The summed E-state index contributed by atoms with van der Waals surface area (Å²) in [5, 5.41) is 37.5. The zero-order valence-electron chi connectivity index (χ0n) is 82.6. The Balaban J connectivity index is 0.000000291. The Morgan fingerprint density at radius 3 is 0.920 bits per heavy atom. The van der Waals surface area contributed by atoms with Crippen molar-refractivity contribution in [3.8, 4) is 47.7 Å². The molecule has 3 unspecified atom stereocenters. The fraction of sp³-hybridized carbons (Fsp3) is 0.336. The van der Waals surface area contributed by atoms with Crippen LogP contribution in [0.1, 0.15) is 192 Å². The Morgan fingerprint density at radius 2 is 0.616 bits per heavy atom. The first-order valence-electron chi connectivity index (χ1n) is 44.2. The monoisotopic (exact) mass is 2080 g/mol. The lowest BCUT2D eigenvalue weighted by molar-refractivity contribution is -0.161. The number of benzene rings is 11. The van der Waals surface area contributed by atoms with Crippen molar-refractivity contribution in [1.82, 2.24) is 0 Å². The molecule has 0 aliphatic carbocycles. The number of halogens is 3. The summed E-state index contributed by atoms with van der Waals surface area (Å²) in [5.41, 5.74) is 18.3. The normalized spacial score (nSPS) is 11.4. The number of aromatic carboxylic acids is 1. The van der Waals surface area contributed by atoms with Crippen LogP contribution in [-0.4, -0.2) is 114 Å². The topological polar surface area (TPSA) is 286 Å². The second-order valence-corrected chi connectivity index (χ2v) is 36.5. The first-order valence-corrected chi connectivity index (χ1v) is 46.5. The van der Waals surface area contributed by atoms with Gasteiger partial charge in [0.25, 0.3) is 0 Å². The number of aliphatic hydroxyl groups is 3. The maximum atomic E-state index is 12.4. The van der Waals surface area contributed by atoms with Crippen LogP contribution in [0.4, 0.5) is 0 Å². The molecule has 0 aromatic heterocycles. The van der Waals surface area contributed by atoms with E-state index in [9.17, 15) is 34.2 Å². The Kier molecular flexibility index (Phi) is 51.0. The van der Waals surface area contributed by atoms with Gasteiger partial charge in [0.15, 0.2) is 0 Å². The van der Waals surface area contributed by atoms with Gasteiger partial charge in [-0.2, -0.15) is 0 Å². The number of esters is 3. The van der Waals surface area contributed by atoms with Crippen LogP contribution in [0.25, 0.3) is 0 Å². The van der Waals surface area contributed by atoms with Gasteiger partial charge in [-0.25, -0.2) is 4.79 Å². The Bertz CT molecular complexity index is 5740. The summed E-state index contributed by atoms with van der Waals surface area (Å²) < 4.78 is 72.9.